The summed E-state index contributed by atoms with van der Waals surface area (Å²) in [6.45, 7) is 11.1. The first-order valence-corrected chi connectivity index (χ1v) is 7.72. The number of ether oxygens (including phenoxy) is 2. The molecule has 2 saturated heterocycles. The molecule has 2 aliphatic heterocycles. The fourth-order valence-electron chi connectivity index (χ4n) is 3.71. The Balaban J connectivity index is 2.07. The van der Waals surface area contributed by atoms with Crippen LogP contribution in [-0.4, -0.2) is 55.0 Å². The summed E-state index contributed by atoms with van der Waals surface area (Å²) in [5.41, 5.74) is 6.19. The number of nitrogens with two attached hydrogens (primary N) is 1. The van der Waals surface area contributed by atoms with Crippen molar-refractivity contribution in [2.75, 3.05) is 32.8 Å². The van der Waals surface area contributed by atoms with Crippen molar-refractivity contribution < 1.29 is 9.47 Å². The lowest BCUT2D eigenvalue weighted by atomic mass is 9.79. The molecule has 2 fully saturated rings. The standard InChI is InChI=1S/C15H30N2O2/c1-4-17(10-13-6-5-8-18-13)15(12-16)7-9-19-14(2,3)11-15/h13H,4-12,16H2,1-3H3. The molecule has 0 saturated carbocycles. The highest BCUT2D eigenvalue weighted by Crippen LogP contribution is 2.36. The van der Waals surface area contributed by atoms with Crippen molar-refractivity contribution in [2.24, 2.45) is 5.73 Å². The molecule has 112 valence electrons. The van der Waals surface area contributed by atoms with Crippen LogP contribution in [0, 0.1) is 0 Å². The van der Waals surface area contributed by atoms with Gasteiger partial charge in [-0.15, -0.1) is 0 Å². The van der Waals surface area contributed by atoms with Crippen LogP contribution in [0.5, 0.6) is 0 Å². The van der Waals surface area contributed by atoms with Crippen molar-refractivity contribution in [3.8, 4) is 0 Å². The minimum absolute atomic E-state index is 0.0679. The van der Waals surface area contributed by atoms with Crippen LogP contribution in [0.2, 0.25) is 0 Å². The summed E-state index contributed by atoms with van der Waals surface area (Å²) < 4.78 is 11.7. The van der Waals surface area contributed by atoms with E-state index >= 15 is 0 Å². The van der Waals surface area contributed by atoms with E-state index in [0.29, 0.717) is 12.6 Å². The Morgan fingerprint density at radius 2 is 2.11 bits per heavy atom. The second kappa shape index (κ2) is 6.08. The fraction of sp³-hybridized carbons (Fsp3) is 1.00. The normalized spacial score (nSPS) is 34.9. The number of likely N-dealkylation sites (N-methyl/N-ethyl adjacent to an activating group) is 1. The first-order chi connectivity index (χ1) is 9.01. The van der Waals surface area contributed by atoms with Crippen LogP contribution in [0.3, 0.4) is 0 Å². The van der Waals surface area contributed by atoms with Crippen LogP contribution in [0.1, 0.15) is 46.5 Å². The molecule has 4 heteroatoms. The zero-order valence-electron chi connectivity index (χ0n) is 12.8. The van der Waals surface area contributed by atoms with E-state index in [1.807, 2.05) is 0 Å². The molecule has 0 aliphatic carbocycles. The highest BCUT2D eigenvalue weighted by molar-refractivity contribution is 5.00. The van der Waals surface area contributed by atoms with E-state index in [1.165, 1.54) is 12.8 Å². The maximum Gasteiger partial charge on any atom is 0.0703 e. The maximum absolute atomic E-state index is 6.17. The minimum atomic E-state index is -0.0679. The summed E-state index contributed by atoms with van der Waals surface area (Å²) in [7, 11) is 0. The van der Waals surface area contributed by atoms with Gasteiger partial charge in [-0.2, -0.15) is 0 Å². The lowest BCUT2D eigenvalue weighted by Crippen LogP contribution is -2.61. The first-order valence-electron chi connectivity index (χ1n) is 7.72. The third kappa shape index (κ3) is 3.48. The Morgan fingerprint density at radius 1 is 1.32 bits per heavy atom. The van der Waals surface area contributed by atoms with Crippen molar-refractivity contribution in [3.05, 3.63) is 0 Å². The second-order valence-electron chi connectivity index (χ2n) is 6.64. The van der Waals surface area contributed by atoms with E-state index in [1.54, 1.807) is 0 Å². The van der Waals surface area contributed by atoms with E-state index in [0.717, 1.165) is 39.1 Å². The predicted molar refractivity (Wildman–Crippen MR) is 77.3 cm³/mol. The molecule has 0 spiro atoms. The largest absolute Gasteiger partial charge is 0.377 e. The molecule has 2 N–H and O–H groups in total. The van der Waals surface area contributed by atoms with Crippen molar-refractivity contribution in [3.63, 3.8) is 0 Å². The van der Waals surface area contributed by atoms with Crippen LogP contribution >= 0.6 is 0 Å². The van der Waals surface area contributed by atoms with Crippen LogP contribution in [0.4, 0.5) is 0 Å². The Hall–Kier alpha value is -0.160. The molecule has 4 nitrogen and oxygen atoms in total. The number of rotatable bonds is 5. The van der Waals surface area contributed by atoms with E-state index in [2.05, 4.69) is 25.7 Å². The van der Waals surface area contributed by atoms with Crippen molar-refractivity contribution in [2.45, 2.75) is 63.7 Å². The van der Waals surface area contributed by atoms with Crippen LogP contribution in [0.25, 0.3) is 0 Å². The van der Waals surface area contributed by atoms with Gasteiger partial charge in [-0.05, 0) is 46.1 Å². The molecule has 2 atom stereocenters. The van der Waals surface area contributed by atoms with Gasteiger partial charge in [0.2, 0.25) is 0 Å². The first kappa shape index (κ1) is 15.2. The van der Waals surface area contributed by atoms with E-state index in [-0.39, 0.29) is 11.1 Å². The molecule has 0 bridgehead atoms. The Kier molecular flexibility index (Phi) is 4.88. The van der Waals surface area contributed by atoms with Crippen molar-refractivity contribution >= 4 is 0 Å². The van der Waals surface area contributed by atoms with Crippen LogP contribution in [0.15, 0.2) is 0 Å². The third-order valence-electron chi connectivity index (χ3n) is 4.70. The Bertz CT molecular complexity index is 290. The molecule has 0 aromatic rings. The van der Waals surface area contributed by atoms with Gasteiger partial charge in [-0.25, -0.2) is 0 Å². The summed E-state index contributed by atoms with van der Waals surface area (Å²) in [6.07, 6.45) is 4.84. The average molecular weight is 270 g/mol. The molecule has 2 aliphatic rings. The number of hydrogen-bond donors (Lipinski definition) is 1. The molecular weight excluding hydrogens is 240 g/mol. The summed E-state index contributed by atoms with van der Waals surface area (Å²) in [5, 5.41) is 0. The number of nitrogens with zero attached hydrogens (tertiary/aromatic N) is 1. The summed E-state index contributed by atoms with van der Waals surface area (Å²) >= 11 is 0. The molecule has 0 radical (unpaired) electrons. The Morgan fingerprint density at radius 3 is 2.63 bits per heavy atom. The molecule has 2 rings (SSSR count). The highest BCUT2D eigenvalue weighted by Gasteiger charge is 2.44. The quantitative estimate of drug-likeness (QED) is 0.827. The van der Waals surface area contributed by atoms with Crippen molar-refractivity contribution in [1.29, 1.82) is 0 Å². The lowest BCUT2D eigenvalue weighted by molar-refractivity contribution is -0.122. The summed E-state index contributed by atoms with van der Waals surface area (Å²) in [6, 6.07) is 0. The predicted octanol–water partition coefficient (Wildman–Crippen LogP) is 1.77. The van der Waals surface area contributed by atoms with Crippen molar-refractivity contribution in [1.82, 2.24) is 4.90 Å². The van der Waals surface area contributed by atoms with E-state index in [9.17, 15) is 0 Å². The van der Waals surface area contributed by atoms with Gasteiger partial charge in [0, 0.05) is 31.8 Å². The van der Waals surface area contributed by atoms with Gasteiger partial charge in [-0.3, -0.25) is 4.90 Å². The van der Waals surface area contributed by atoms with Gasteiger partial charge < -0.3 is 15.2 Å². The maximum atomic E-state index is 6.17. The minimum Gasteiger partial charge on any atom is -0.377 e. The SMILES string of the molecule is CCN(CC1CCCO1)C1(CN)CCOC(C)(C)C1. The fourth-order valence-corrected chi connectivity index (χ4v) is 3.71. The van der Waals surface area contributed by atoms with Gasteiger partial charge in [-0.1, -0.05) is 6.92 Å². The monoisotopic (exact) mass is 270 g/mol. The summed E-state index contributed by atoms with van der Waals surface area (Å²) in [5.74, 6) is 0. The van der Waals surface area contributed by atoms with Crippen LogP contribution < -0.4 is 5.73 Å². The van der Waals surface area contributed by atoms with Gasteiger partial charge in [0.1, 0.15) is 0 Å². The molecule has 2 unspecified atom stereocenters. The van der Waals surface area contributed by atoms with Crippen LogP contribution in [-0.2, 0) is 9.47 Å². The number of hydrogen-bond acceptors (Lipinski definition) is 4. The van der Waals surface area contributed by atoms with E-state index < -0.39 is 0 Å². The van der Waals surface area contributed by atoms with Gasteiger partial charge in [0.05, 0.1) is 11.7 Å². The summed E-state index contributed by atoms with van der Waals surface area (Å²) in [4.78, 5) is 2.55. The molecule has 0 amide bonds. The topological polar surface area (TPSA) is 47.7 Å². The smallest absolute Gasteiger partial charge is 0.0703 e. The zero-order valence-corrected chi connectivity index (χ0v) is 12.8. The average Bonchev–Trinajstić information content (AvgIpc) is 2.87. The molecular formula is C15H30N2O2. The molecule has 2 heterocycles. The van der Waals surface area contributed by atoms with Gasteiger partial charge in [0.25, 0.3) is 0 Å². The Labute approximate surface area is 117 Å². The third-order valence-corrected chi connectivity index (χ3v) is 4.70. The van der Waals surface area contributed by atoms with Gasteiger partial charge in [0.15, 0.2) is 0 Å². The van der Waals surface area contributed by atoms with E-state index in [4.69, 9.17) is 15.2 Å². The second-order valence-corrected chi connectivity index (χ2v) is 6.64. The van der Waals surface area contributed by atoms with Gasteiger partial charge >= 0.3 is 0 Å². The molecule has 0 aromatic heterocycles. The molecule has 19 heavy (non-hydrogen) atoms. The molecule has 0 aromatic carbocycles. The lowest BCUT2D eigenvalue weighted by Gasteiger charge is -2.51. The zero-order chi connectivity index (χ0) is 13.9. The highest BCUT2D eigenvalue weighted by atomic mass is 16.5.